The number of nitrogens with one attached hydrogen (secondary N) is 2. The molecule has 3 aromatic rings. The van der Waals surface area contributed by atoms with Gasteiger partial charge in [0.2, 0.25) is 0 Å². The van der Waals surface area contributed by atoms with Gasteiger partial charge in [-0.1, -0.05) is 18.2 Å². The highest BCUT2D eigenvalue weighted by atomic mass is 16.3. The number of fused-ring (bicyclic) bond motifs is 2. The van der Waals surface area contributed by atoms with Gasteiger partial charge in [0, 0.05) is 34.8 Å². The van der Waals surface area contributed by atoms with Crippen molar-refractivity contribution in [2.75, 3.05) is 5.32 Å². The molecular formula is C16H13N3O. The van der Waals surface area contributed by atoms with Crippen LogP contribution >= 0.6 is 0 Å². The lowest BCUT2D eigenvalue weighted by molar-refractivity contribution is 0.266. The Bertz CT molecular complexity index is 819. The lowest BCUT2D eigenvalue weighted by atomic mass is 10.0. The number of para-hydroxylation sites is 1. The Hall–Kier alpha value is -2.59. The number of aliphatic hydroxyl groups excluding tert-OH is 1. The summed E-state index contributed by atoms with van der Waals surface area (Å²) in [5.41, 5.74) is 5.74. The third-order valence-corrected chi connectivity index (χ3v) is 3.60. The molecule has 0 aliphatic carbocycles. The second-order valence-corrected chi connectivity index (χ2v) is 4.84. The number of H-pyrrole nitrogens is 1. The molecular weight excluding hydrogens is 250 g/mol. The van der Waals surface area contributed by atoms with Crippen molar-refractivity contribution in [2.24, 2.45) is 0 Å². The molecule has 4 heteroatoms. The van der Waals surface area contributed by atoms with Gasteiger partial charge in [-0.15, -0.1) is 0 Å². The van der Waals surface area contributed by atoms with Crippen LogP contribution in [-0.2, 0) is 0 Å². The maximum Gasteiger partial charge on any atom is 0.151 e. The molecule has 1 aliphatic rings. The van der Waals surface area contributed by atoms with Gasteiger partial charge >= 0.3 is 0 Å². The molecule has 3 heterocycles. The number of benzene rings is 1. The minimum Gasteiger partial charge on any atom is -0.369 e. The number of pyridine rings is 1. The first-order valence-corrected chi connectivity index (χ1v) is 6.50. The van der Waals surface area contributed by atoms with Crippen LogP contribution in [0.15, 0.2) is 48.8 Å². The lowest BCUT2D eigenvalue weighted by Crippen LogP contribution is -2.12. The van der Waals surface area contributed by atoms with Crippen LogP contribution in [0.1, 0.15) is 11.1 Å². The Morgan fingerprint density at radius 2 is 2.05 bits per heavy atom. The van der Waals surface area contributed by atoms with E-state index in [-0.39, 0.29) is 0 Å². The summed E-state index contributed by atoms with van der Waals surface area (Å²) in [6.45, 7) is 0. The Kier molecular flexibility index (Phi) is 2.37. The lowest BCUT2D eigenvalue weighted by Gasteiger charge is -2.04. The van der Waals surface area contributed by atoms with E-state index in [1.807, 2.05) is 48.7 Å². The number of anilines is 1. The van der Waals surface area contributed by atoms with E-state index in [0.29, 0.717) is 0 Å². The summed E-state index contributed by atoms with van der Waals surface area (Å²) >= 11 is 0. The van der Waals surface area contributed by atoms with Crippen LogP contribution < -0.4 is 5.32 Å². The quantitative estimate of drug-likeness (QED) is 0.632. The largest absolute Gasteiger partial charge is 0.369 e. The zero-order chi connectivity index (χ0) is 13.5. The first kappa shape index (κ1) is 11.3. The number of hydrogen-bond donors (Lipinski definition) is 3. The summed E-state index contributed by atoms with van der Waals surface area (Å²) in [4.78, 5) is 7.58. The zero-order valence-electron chi connectivity index (χ0n) is 10.7. The fraction of sp³-hybridized carbons (Fsp3) is 0.0625. The summed E-state index contributed by atoms with van der Waals surface area (Å²) in [5.74, 6) is 0. The predicted octanol–water partition coefficient (Wildman–Crippen LogP) is 2.85. The molecule has 1 unspecified atom stereocenters. The highest BCUT2D eigenvalue weighted by Gasteiger charge is 2.23. The Morgan fingerprint density at radius 1 is 1.15 bits per heavy atom. The molecule has 1 aromatic carbocycles. The maximum atomic E-state index is 10.2. The highest BCUT2D eigenvalue weighted by Crippen LogP contribution is 2.35. The van der Waals surface area contributed by atoms with Gasteiger partial charge in [-0.2, -0.15) is 0 Å². The van der Waals surface area contributed by atoms with Crippen LogP contribution in [0.5, 0.6) is 0 Å². The average molecular weight is 263 g/mol. The zero-order valence-corrected chi connectivity index (χ0v) is 10.7. The number of aliphatic hydroxyl groups is 1. The topological polar surface area (TPSA) is 60.9 Å². The van der Waals surface area contributed by atoms with E-state index in [1.54, 1.807) is 6.20 Å². The fourth-order valence-corrected chi connectivity index (χ4v) is 2.64. The van der Waals surface area contributed by atoms with E-state index >= 15 is 0 Å². The summed E-state index contributed by atoms with van der Waals surface area (Å²) in [5, 5.41) is 13.2. The molecule has 4 rings (SSSR count). The SMILES string of the molecule is OC1Nc2ccccc2C1=Cc1c[nH]c2cccnc12. The van der Waals surface area contributed by atoms with Crippen molar-refractivity contribution in [1.29, 1.82) is 0 Å². The molecule has 1 aliphatic heterocycles. The van der Waals surface area contributed by atoms with Crippen LogP contribution in [-0.4, -0.2) is 21.3 Å². The number of aromatic amines is 1. The van der Waals surface area contributed by atoms with Gasteiger partial charge in [0.15, 0.2) is 6.23 Å². The molecule has 1 atom stereocenters. The van der Waals surface area contributed by atoms with Gasteiger partial charge < -0.3 is 15.4 Å². The summed E-state index contributed by atoms with van der Waals surface area (Å²) in [6.07, 6.45) is 4.99. The van der Waals surface area contributed by atoms with Gasteiger partial charge in [0.05, 0.1) is 11.0 Å². The van der Waals surface area contributed by atoms with Crippen LogP contribution in [0.4, 0.5) is 5.69 Å². The third-order valence-electron chi connectivity index (χ3n) is 3.60. The van der Waals surface area contributed by atoms with Crippen molar-refractivity contribution < 1.29 is 5.11 Å². The monoisotopic (exact) mass is 263 g/mol. The van der Waals surface area contributed by atoms with E-state index in [9.17, 15) is 5.11 Å². The maximum absolute atomic E-state index is 10.2. The van der Waals surface area contributed by atoms with Crippen LogP contribution in [0.2, 0.25) is 0 Å². The van der Waals surface area contributed by atoms with Crippen molar-refractivity contribution in [3.05, 3.63) is 59.9 Å². The molecule has 0 saturated carbocycles. The minimum absolute atomic E-state index is 0.680. The second kappa shape index (κ2) is 4.21. The minimum atomic E-state index is -0.680. The van der Waals surface area contributed by atoms with Crippen molar-refractivity contribution in [3.8, 4) is 0 Å². The number of rotatable bonds is 1. The van der Waals surface area contributed by atoms with Gasteiger partial charge in [-0.3, -0.25) is 4.98 Å². The molecule has 0 fully saturated rings. The average Bonchev–Trinajstić information content (AvgIpc) is 3.02. The molecule has 98 valence electrons. The summed E-state index contributed by atoms with van der Waals surface area (Å²) in [6, 6.07) is 11.8. The van der Waals surface area contributed by atoms with Gasteiger partial charge in [-0.25, -0.2) is 0 Å². The fourth-order valence-electron chi connectivity index (χ4n) is 2.64. The molecule has 20 heavy (non-hydrogen) atoms. The van der Waals surface area contributed by atoms with Crippen molar-refractivity contribution >= 4 is 28.4 Å². The second-order valence-electron chi connectivity index (χ2n) is 4.84. The smallest absolute Gasteiger partial charge is 0.151 e. The summed E-state index contributed by atoms with van der Waals surface area (Å²) < 4.78 is 0. The van der Waals surface area contributed by atoms with E-state index in [0.717, 1.165) is 33.4 Å². The molecule has 2 aromatic heterocycles. The highest BCUT2D eigenvalue weighted by molar-refractivity contribution is 5.98. The van der Waals surface area contributed by atoms with Crippen LogP contribution in [0, 0.1) is 0 Å². The van der Waals surface area contributed by atoms with E-state index in [2.05, 4.69) is 15.3 Å². The first-order valence-electron chi connectivity index (χ1n) is 6.50. The Morgan fingerprint density at radius 3 is 3.00 bits per heavy atom. The third kappa shape index (κ3) is 1.62. The van der Waals surface area contributed by atoms with Crippen LogP contribution in [0.25, 0.3) is 22.7 Å². The van der Waals surface area contributed by atoms with Crippen molar-refractivity contribution in [3.63, 3.8) is 0 Å². The molecule has 0 spiro atoms. The number of aromatic nitrogens is 2. The van der Waals surface area contributed by atoms with Crippen molar-refractivity contribution in [1.82, 2.24) is 9.97 Å². The van der Waals surface area contributed by atoms with E-state index in [4.69, 9.17) is 0 Å². The normalized spacial score (nSPS) is 19.2. The molecule has 0 radical (unpaired) electrons. The van der Waals surface area contributed by atoms with Gasteiger partial charge in [0.1, 0.15) is 0 Å². The molecule has 0 saturated heterocycles. The summed E-state index contributed by atoms with van der Waals surface area (Å²) in [7, 11) is 0. The Balaban J connectivity index is 1.88. The molecule has 0 amide bonds. The first-order chi connectivity index (χ1) is 9.83. The van der Waals surface area contributed by atoms with Crippen LogP contribution in [0.3, 0.4) is 0 Å². The molecule has 4 nitrogen and oxygen atoms in total. The van der Waals surface area contributed by atoms with Gasteiger partial charge in [0.25, 0.3) is 0 Å². The Labute approximate surface area is 115 Å². The van der Waals surface area contributed by atoms with E-state index < -0.39 is 6.23 Å². The van der Waals surface area contributed by atoms with Gasteiger partial charge in [-0.05, 0) is 24.3 Å². The predicted molar refractivity (Wildman–Crippen MR) is 80.0 cm³/mol. The number of hydrogen-bond acceptors (Lipinski definition) is 3. The van der Waals surface area contributed by atoms with E-state index in [1.165, 1.54) is 0 Å². The standard InChI is InChI=1S/C16H13N3O/c20-16-12(11-4-1-2-5-13(11)19-16)8-10-9-18-14-6-3-7-17-15(10)14/h1-9,16,18-20H. The molecule has 0 bridgehead atoms. The molecule has 3 N–H and O–H groups in total. The van der Waals surface area contributed by atoms with Crippen molar-refractivity contribution in [2.45, 2.75) is 6.23 Å². The number of nitrogens with zero attached hydrogens (tertiary/aromatic N) is 1.